The monoisotopic (exact) mass is 191 g/mol. The zero-order valence-electron chi connectivity index (χ0n) is 8.12. The molecule has 0 heterocycles. The molecule has 0 radical (unpaired) electrons. The van der Waals surface area contributed by atoms with Gasteiger partial charge in [0, 0.05) is 0 Å². The Morgan fingerprint density at radius 3 is 2.57 bits per heavy atom. The van der Waals surface area contributed by atoms with Crippen LogP contribution in [0.1, 0.15) is 18.9 Å². The van der Waals surface area contributed by atoms with Crippen LogP contribution in [0.25, 0.3) is 0 Å². The van der Waals surface area contributed by atoms with E-state index in [2.05, 4.69) is 0 Å². The number of nitrogens with one attached hydrogen (secondary N) is 1. The molecular weight excluding hydrogens is 178 g/mol. The number of carbonyl (C=O) groups excluding carboxylic acids is 1. The number of esters is 1. The van der Waals surface area contributed by atoms with Gasteiger partial charge in [-0.3, -0.25) is 5.41 Å². The minimum atomic E-state index is -0.531. The first-order valence-electron chi connectivity index (χ1n) is 4.52. The van der Waals surface area contributed by atoms with E-state index in [1.165, 1.54) is 0 Å². The van der Waals surface area contributed by atoms with Crippen LogP contribution in [0.5, 0.6) is 0 Å². The highest BCUT2D eigenvalue weighted by molar-refractivity contribution is 6.34. The first-order chi connectivity index (χ1) is 6.74. The molecule has 0 spiro atoms. The Hall–Kier alpha value is -1.64. The molecule has 0 aliphatic heterocycles. The van der Waals surface area contributed by atoms with Gasteiger partial charge in [0.1, 0.15) is 12.3 Å². The number of hydrogen-bond donors (Lipinski definition) is 1. The maximum Gasteiger partial charge on any atom is 0.352 e. The summed E-state index contributed by atoms with van der Waals surface area (Å²) in [6.07, 6.45) is 0.410. The van der Waals surface area contributed by atoms with E-state index in [-0.39, 0.29) is 12.3 Å². The summed E-state index contributed by atoms with van der Waals surface area (Å²) in [6.45, 7) is 1.99. The number of rotatable bonds is 4. The van der Waals surface area contributed by atoms with Gasteiger partial charge in [0.2, 0.25) is 0 Å². The molecule has 0 saturated carbocycles. The lowest BCUT2D eigenvalue weighted by Crippen LogP contribution is -2.15. The van der Waals surface area contributed by atoms with Crippen LogP contribution >= 0.6 is 0 Å². The van der Waals surface area contributed by atoms with Crippen molar-refractivity contribution in [2.75, 3.05) is 0 Å². The average molecular weight is 191 g/mol. The molecule has 0 aliphatic carbocycles. The van der Waals surface area contributed by atoms with E-state index in [4.69, 9.17) is 10.1 Å². The summed E-state index contributed by atoms with van der Waals surface area (Å²) in [5.41, 5.74) is 0.950. The SMILES string of the molecule is CCC(=N)C(=O)OCc1ccccc1. The van der Waals surface area contributed by atoms with Crippen molar-refractivity contribution in [3.8, 4) is 0 Å². The number of hydrogen-bond acceptors (Lipinski definition) is 3. The topological polar surface area (TPSA) is 50.2 Å². The van der Waals surface area contributed by atoms with E-state index in [9.17, 15) is 4.79 Å². The van der Waals surface area contributed by atoms with Crippen LogP contribution in [0.15, 0.2) is 30.3 Å². The minimum absolute atomic E-state index is 0.0148. The van der Waals surface area contributed by atoms with Crippen LogP contribution in [0.4, 0.5) is 0 Å². The van der Waals surface area contributed by atoms with Crippen LogP contribution < -0.4 is 0 Å². The predicted molar refractivity (Wildman–Crippen MR) is 54.3 cm³/mol. The van der Waals surface area contributed by atoms with Gasteiger partial charge in [-0.25, -0.2) is 4.79 Å². The third-order valence-corrected chi connectivity index (χ3v) is 1.81. The van der Waals surface area contributed by atoms with Crippen molar-refractivity contribution >= 4 is 11.7 Å². The molecule has 14 heavy (non-hydrogen) atoms. The summed E-state index contributed by atoms with van der Waals surface area (Å²) in [7, 11) is 0. The van der Waals surface area contributed by atoms with Crippen LogP contribution in [-0.4, -0.2) is 11.7 Å². The van der Waals surface area contributed by atoms with Gasteiger partial charge < -0.3 is 4.74 Å². The predicted octanol–water partition coefficient (Wildman–Crippen LogP) is 2.16. The molecule has 1 N–H and O–H groups in total. The summed E-state index contributed by atoms with van der Waals surface area (Å²) in [5.74, 6) is -0.531. The highest BCUT2D eigenvalue weighted by Crippen LogP contribution is 2.01. The lowest BCUT2D eigenvalue weighted by atomic mass is 10.2. The molecule has 0 atom stereocenters. The molecule has 1 aromatic carbocycles. The highest BCUT2D eigenvalue weighted by Gasteiger charge is 2.07. The van der Waals surface area contributed by atoms with Crippen LogP contribution in [0, 0.1) is 5.41 Å². The maximum absolute atomic E-state index is 11.1. The van der Waals surface area contributed by atoms with Crippen molar-refractivity contribution in [3.05, 3.63) is 35.9 Å². The Kier molecular flexibility index (Phi) is 3.85. The van der Waals surface area contributed by atoms with Crippen molar-refractivity contribution < 1.29 is 9.53 Å². The molecule has 1 aromatic rings. The largest absolute Gasteiger partial charge is 0.456 e. The third kappa shape index (κ3) is 3.01. The Labute approximate surface area is 83.2 Å². The fourth-order valence-corrected chi connectivity index (χ4v) is 0.955. The van der Waals surface area contributed by atoms with Gasteiger partial charge in [0.25, 0.3) is 0 Å². The fourth-order valence-electron chi connectivity index (χ4n) is 0.955. The summed E-state index contributed by atoms with van der Waals surface area (Å²) in [4.78, 5) is 11.1. The number of benzene rings is 1. The van der Waals surface area contributed by atoms with Crippen molar-refractivity contribution in [2.45, 2.75) is 20.0 Å². The number of carbonyl (C=O) groups is 1. The van der Waals surface area contributed by atoms with Gasteiger partial charge in [0.05, 0.1) is 0 Å². The van der Waals surface area contributed by atoms with Crippen LogP contribution in [0.3, 0.4) is 0 Å². The second-order valence-corrected chi connectivity index (χ2v) is 2.89. The third-order valence-electron chi connectivity index (χ3n) is 1.81. The fraction of sp³-hybridized carbons (Fsp3) is 0.273. The molecule has 74 valence electrons. The number of ether oxygens (including phenoxy) is 1. The van der Waals surface area contributed by atoms with Gasteiger partial charge in [-0.1, -0.05) is 37.3 Å². The first kappa shape index (κ1) is 10.4. The lowest BCUT2D eigenvalue weighted by Gasteiger charge is -2.03. The van der Waals surface area contributed by atoms with E-state index in [0.29, 0.717) is 6.42 Å². The normalized spacial score (nSPS) is 9.50. The molecule has 0 fully saturated rings. The van der Waals surface area contributed by atoms with Gasteiger partial charge in [-0.05, 0) is 12.0 Å². The smallest absolute Gasteiger partial charge is 0.352 e. The molecular formula is C11H13NO2. The van der Waals surface area contributed by atoms with E-state index in [1.54, 1.807) is 6.92 Å². The van der Waals surface area contributed by atoms with Crippen LogP contribution in [0.2, 0.25) is 0 Å². The highest BCUT2D eigenvalue weighted by atomic mass is 16.5. The van der Waals surface area contributed by atoms with Crippen molar-refractivity contribution in [2.24, 2.45) is 0 Å². The van der Waals surface area contributed by atoms with Gasteiger partial charge in [-0.15, -0.1) is 0 Å². The van der Waals surface area contributed by atoms with Crippen molar-refractivity contribution in [3.63, 3.8) is 0 Å². The molecule has 3 heteroatoms. The second kappa shape index (κ2) is 5.17. The zero-order valence-corrected chi connectivity index (χ0v) is 8.12. The Balaban J connectivity index is 2.42. The quantitative estimate of drug-likeness (QED) is 0.585. The van der Waals surface area contributed by atoms with Crippen molar-refractivity contribution in [1.29, 1.82) is 5.41 Å². The second-order valence-electron chi connectivity index (χ2n) is 2.89. The molecule has 0 aromatic heterocycles. The average Bonchev–Trinajstić information content (AvgIpc) is 2.26. The summed E-state index contributed by atoms with van der Waals surface area (Å²) in [6, 6.07) is 9.42. The summed E-state index contributed by atoms with van der Waals surface area (Å²) < 4.78 is 4.92. The lowest BCUT2D eigenvalue weighted by molar-refractivity contribution is -0.137. The van der Waals surface area contributed by atoms with E-state index >= 15 is 0 Å². The molecule has 1 rings (SSSR count). The molecule has 0 amide bonds. The molecule has 0 unspecified atom stereocenters. The first-order valence-corrected chi connectivity index (χ1v) is 4.52. The van der Waals surface area contributed by atoms with E-state index < -0.39 is 5.97 Å². The van der Waals surface area contributed by atoms with E-state index in [1.807, 2.05) is 30.3 Å². The Bertz CT molecular complexity index is 319. The molecule has 3 nitrogen and oxygen atoms in total. The summed E-state index contributed by atoms with van der Waals surface area (Å²) in [5, 5.41) is 7.23. The van der Waals surface area contributed by atoms with Crippen molar-refractivity contribution in [1.82, 2.24) is 0 Å². The van der Waals surface area contributed by atoms with Gasteiger partial charge >= 0.3 is 5.97 Å². The zero-order chi connectivity index (χ0) is 10.4. The summed E-state index contributed by atoms with van der Waals surface area (Å²) >= 11 is 0. The van der Waals surface area contributed by atoms with Gasteiger partial charge in [0.15, 0.2) is 0 Å². The Morgan fingerprint density at radius 2 is 2.00 bits per heavy atom. The molecule has 0 aliphatic rings. The molecule has 0 bridgehead atoms. The molecule has 0 saturated heterocycles. The van der Waals surface area contributed by atoms with Gasteiger partial charge in [-0.2, -0.15) is 0 Å². The minimum Gasteiger partial charge on any atom is -0.456 e. The van der Waals surface area contributed by atoms with E-state index in [0.717, 1.165) is 5.56 Å². The Morgan fingerprint density at radius 1 is 1.36 bits per heavy atom. The standard InChI is InChI=1S/C11H13NO2/c1-2-10(12)11(13)14-8-9-6-4-3-5-7-9/h3-7,12H,2,8H2,1H3. The van der Waals surface area contributed by atoms with Crippen LogP contribution in [-0.2, 0) is 16.1 Å². The maximum atomic E-state index is 11.1.